The van der Waals surface area contributed by atoms with Crippen LogP contribution in [-0.4, -0.2) is 23.2 Å². The number of nitrogens with one attached hydrogen (secondary N) is 1. The van der Waals surface area contributed by atoms with E-state index in [1.165, 1.54) is 17.9 Å². The monoisotopic (exact) mass is 239 g/mol. The van der Waals surface area contributed by atoms with Crippen molar-refractivity contribution in [2.24, 2.45) is 0 Å². The van der Waals surface area contributed by atoms with Crippen molar-refractivity contribution in [3.8, 4) is 5.75 Å². The number of aromatic hydroxyl groups is 1. The zero-order chi connectivity index (χ0) is 11.8. The van der Waals surface area contributed by atoms with Gasteiger partial charge in [0, 0.05) is 6.04 Å². The van der Waals surface area contributed by atoms with Crippen LogP contribution < -0.4 is 5.32 Å². The molecule has 2 nitrogen and oxygen atoms in total. The summed E-state index contributed by atoms with van der Waals surface area (Å²) in [4.78, 5) is 0. The van der Waals surface area contributed by atoms with Crippen LogP contribution in [-0.2, 0) is 0 Å². The van der Waals surface area contributed by atoms with Crippen LogP contribution in [0.1, 0.15) is 31.9 Å². The van der Waals surface area contributed by atoms with Crippen molar-refractivity contribution in [1.29, 1.82) is 0 Å². The van der Waals surface area contributed by atoms with E-state index in [2.05, 4.69) is 19.2 Å². The number of benzene rings is 1. The van der Waals surface area contributed by atoms with Gasteiger partial charge in [-0.3, -0.25) is 0 Å². The summed E-state index contributed by atoms with van der Waals surface area (Å²) in [5.41, 5.74) is 1.14. The number of hydrogen-bond acceptors (Lipinski definition) is 3. The Hall–Kier alpha value is -0.670. The molecule has 16 heavy (non-hydrogen) atoms. The first-order valence-corrected chi connectivity index (χ1v) is 6.99. The van der Waals surface area contributed by atoms with Gasteiger partial charge >= 0.3 is 0 Å². The average molecular weight is 239 g/mol. The Kier molecular flexibility index (Phi) is 6.34. The fourth-order valence-electron chi connectivity index (χ4n) is 1.55. The molecule has 0 spiro atoms. The van der Waals surface area contributed by atoms with Crippen LogP contribution in [0.2, 0.25) is 0 Å². The van der Waals surface area contributed by atoms with Crippen molar-refractivity contribution >= 4 is 11.8 Å². The summed E-state index contributed by atoms with van der Waals surface area (Å²) in [6.07, 6.45) is 1.20. The van der Waals surface area contributed by atoms with Crippen LogP contribution in [0.15, 0.2) is 24.3 Å². The minimum Gasteiger partial charge on any atom is -0.508 e. The van der Waals surface area contributed by atoms with Gasteiger partial charge < -0.3 is 10.4 Å². The standard InChI is InChI=1S/C13H21NOS/c1-3-16-9-5-8-14-11(2)12-6-4-7-13(15)10-12/h4,6-7,10-11,14-15H,3,5,8-9H2,1-2H3. The molecule has 90 valence electrons. The summed E-state index contributed by atoms with van der Waals surface area (Å²) in [5, 5.41) is 12.8. The third-order valence-electron chi connectivity index (χ3n) is 2.49. The second-order valence-corrected chi connectivity index (χ2v) is 5.22. The Bertz CT molecular complexity index is 304. The third-order valence-corrected chi connectivity index (χ3v) is 3.48. The lowest BCUT2D eigenvalue weighted by atomic mass is 10.1. The van der Waals surface area contributed by atoms with Crippen LogP contribution in [0.3, 0.4) is 0 Å². The van der Waals surface area contributed by atoms with Crippen LogP contribution in [0, 0.1) is 0 Å². The third kappa shape index (κ3) is 4.90. The van der Waals surface area contributed by atoms with Crippen molar-refractivity contribution < 1.29 is 5.11 Å². The Balaban J connectivity index is 2.27. The number of thioether (sulfide) groups is 1. The molecular formula is C13H21NOS. The van der Waals surface area contributed by atoms with Gasteiger partial charge in [-0.1, -0.05) is 19.1 Å². The summed E-state index contributed by atoms with van der Waals surface area (Å²) in [7, 11) is 0. The maximum atomic E-state index is 9.37. The van der Waals surface area contributed by atoms with Gasteiger partial charge in [0.25, 0.3) is 0 Å². The Morgan fingerprint density at radius 2 is 2.25 bits per heavy atom. The van der Waals surface area contributed by atoms with Gasteiger partial charge in [0.05, 0.1) is 0 Å². The molecule has 0 heterocycles. The maximum Gasteiger partial charge on any atom is 0.115 e. The SMILES string of the molecule is CCSCCCNC(C)c1cccc(O)c1. The van der Waals surface area contributed by atoms with Gasteiger partial charge in [-0.25, -0.2) is 0 Å². The molecule has 0 fully saturated rings. The van der Waals surface area contributed by atoms with E-state index in [4.69, 9.17) is 0 Å². The normalized spacial score (nSPS) is 12.6. The van der Waals surface area contributed by atoms with Gasteiger partial charge in [0.2, 0.25) is 0 Å². The molecule has 1 aromatic carbocycles. The van der Waals surface area contributed by atoms with E-state index in [0.717, 1.165) is 12.1 Å². The lowest BCUT2D eigenvalue weighted by molar-refractivity contribution is 0.472. The highest BCUT2D eigenvalue weighted by atomic mass is 32.2. The molecule has 1 aromatic rings. The van der Waals surface area contributed by atoms with Crippen molar-refractivity contribution in [3.63, 3.8) is 0 Å². The summed E-state index contributed by atoms with van der Waals surface area (Å²) in [6.45, 7) is 5.35. The average Bonchev–Trinajstić information content (AvgIpc) is 2.28. The molecule has 0 aliphatic carbocycles. The van der Waals surface area contributed by atoms with E-state index in [1.54, 1.807) is 6.07 Å². The van der Waals surface area contributed by atoms with Crippen molar-refractivity contribution in [1.82, 2.24) is 5.32 Å². The van der Waals surface area contributed by atoms with E-state index < -0.39 is 0 Å². The largest absolute Gasteiger partial charge is 0.508 e. The Morgan fingerprint density at radius 1 is 1.44 bits per heavy atom. The highest BCUT2D eigenvalue weighted by Gasteiger charge is 2.04. The maximum absolute atomic E-state index is 9.37. The first kappa shape index (κ1) is 13.4. The quantitative estimate of drug-likeness (QED) is 0.717. The molecule has 3 heteroatoms. The Labute approximate surface area is 102 Å². The van der Waals surface area contributed by atoms with E-state index in [9.17, 15) is 5.11 Å². The molecule has 1 unspecified atom stereocenters. The van der Waals surface area contributed by atoms with Crippen molar-refractivity contribution in [2.45, 2.75) is 26.3 Å². The first-order chi connectivity index (χ1) is 7.74. The Morgan fingerprint density at radius 3 is 2.94 bits per heavy atom. The minimum absolute atomic E-state index is 0.304. The predicted octanol–water partition coefficient (Wildman–Crippen LogP) is 3.19. The summed E-state index contributed by atoms with van der Waals surface area (Å²) >= 11 is 1.98. The van der Waals surface area contributed by atoms with Gasteiger partial charge in [-0.2, -0.15) is 11.8 Å². The molecule has 0 radical (unpaired) electrons. The van der Waals surface area contributed by atoms with Gasteiger partial charge in [0.1, 0.15) is 5.75 Å². The zero-order valence-electron chi connectivity index (χ0n) is 10.1. The van der Waals surface area contributed by atoms with Crippen LogP contribution >= 0.6 is 11.8 Å². The van der Waals surface area contributed by atoms with Gasteiger partial charge in [-0.15, -0.1) is 0 Å². The second kappa shape index (κ2) is 7.58. The fourth-order valence-corrected chi connectivity index (χ4v) is 2.19. The highest BCUT2D eigenvalue weighted by Crippen LogP contribution is 2.17. The summed E-state index contributed by atoms with van der Waals surface area (Å²) in [6, 6.07) is 7.75. The second-order valence-electron chi connectivity index (χ2n) is 3.82. The van der Waals surface area contributed by atoms with Gasteiger partial charge in [0.15, 0.2) is 0 Å². The lowest BCUT2D eigenvalue weighted by Gasteiger charge is -2.14. The topological polar surface area (TPSA) is 32.3 Å². The molecule has 1 rings (SSSR count). The minimum atomic E-state index is 0.304. The molecule has 2 N–H and O–H groups in total. The molecule has 0 aliphatic rings. The van der Waals surface area contributed by atoms with E-state index >= 15 is 0 Å². The van der Waals surface area contributed by atoms with E-state index in [0.29, 0.717) is 11.8 Å². The smallest absolute Gasteiger partial charge is 0.115 e. The summed E-state index contributed by atoms with van der Waals surface area (Å²) in [5.74, 6) is 2.76. The number of phenolic OH excluding ortho intramolecular Hbond substituents is 1. The molecule has 0 saturated carbocycles. The lowest BCUT2D eigenvalue weighted by Crippen LogP contribution is -2.20. The number of phenols is 1. The van der Waals surface area contributed by atoms with Crippen LogP contribution in [0.25, 0.3) is 0 Å². The molecule has 0 aromatic heterocycles. The van der Waals surface area contributed by atoms with Gasteiger partial charge in [-0.05, 0) is 49.1 Å². The van der Waals surface area contributed by atoms with E-state index in [-0.39, 0.29) is 0 Å². The molecule has 0 bridgehead atoms. The molecule has 0 amide bonds. The van der Waals surface area contributed by atoms with Crippen LogP contribution in [0.5, 0.6) is 5.75 Å². The molecule has 0 aliphatic heterocycles. The number of rotatable bonds is 7. The number of hydrogen-bond donors (Lipinski definition) is 2. The van der Waals surface area contributed by atoms with E-state index in [1.807, 2.05) is 30.0 Å². The van der Waals surface area contributed by atoms with Crippen LogP contribution in [0.4, 0.5) is 0 Å². The molecular weight excluding hydrogens is 218 g/mol. The highest BCUT2D eigenvalue weighted by molar-refractivity contribution is 7.99. The first-order valence-electron chi connectivity index (χ1n) is 5.84. The fraction of sp³-hybridized carbons (Fsp3) is 0.538. The van der Waals surface area contributed by atoms with Crippen molar-refractivity contribution in [3.05, 3.63) is 29.8 Å². The van der Waals surface area contributed by atoms with Crippen molar-refractivity contribution in [2.75, 3.05) is 18.1 Å². The summed E-state index contributed by atoms with van der Waals surface area (Å²) < 4.78 is 0. The predicted molar refractivity (Wildman–Crippen MR) is 72.1 cm³/mol. The zero-order valence-corrected chi connectivity index (χ0v) is 10.9. The molecule has 1 atom stereocenters. The molecule has 0 saturated heterocycles.